The van der Waals surface area contributed by atoms with Crippen LogP contribution in [0.2, 0.25) is 0 Å². The minimum atomic E-state index is -0.140. The Kier molecular flexibility index (Phi) is 5.31. The summed E-state index contributed by atoms with van der Waals surface area (Å²) in [6, 6.07) is 17.4. The highest BCUT2D eigenvalue weighted by Crippen LogP contribution is 2.28. The number of anilines is 2. The number of carbonyl (C=O) groups is 1. The van der Waals surface area contributed by atoms with Gasteiger partial charge in [0.25, 0.3) is 5.91 Å². The van der Waals surface area contributed by atoms with Crippen LogP contribution in [-0.4, -0.2) is 27.9 Å². The number of hydrogen-bond donors (Lipinski definition) is 2. The molecule has 0 fully saturated rings. The van der Waals surface area contributed by atoms with Gasteiger partial charge in [0, 0.05) is 35.4 Å². The minimum Gasteiger partial charge on any atom is -0.355 e. The van der Waals surface area contributed by atoms with Crippen molar-refractivity contribution in [3.63, 3.8) is 0 Å². The molecule has 0 radical (unpaired) electrons. The summed E-state index contributed by atoms with van der Waals surface area (Å²) in [6.07, 6.45) is 1.70. The third-order valence-corrected chi connectivity index (χ3v) is 5.31. The van der Waals surface area contributed by atoms with Crippen LogP contribution in [0.3, 0.4) is 0 Å². The van der Waals surface area contributed by atoms with Crippen molar-refractivity contribution in [3.05, 3.63) is 77.3 Å². The second-order valence-corrected chi connectivity index (χ2v) is 7.26. The Balaban J connectivity index is 1.60. The van der Waals surface area contributed by atoms with Gasteiger partial charge in [-0.15, -0.1) is 11.3 Å². The Labute approximate surface area is 172 Å². The predicted molar refractivity (Wildman–Crippen MR) is 116 cm³/mol. The lowest BCUT2D eigenvalue weighted by atomic mass is 10.1. The smallest absolute Gasteiger partial charge is 0.251 e. The molecule has 7 heteroatoms. The SMILES string of the molecule is CNC(=O)c1ccc(C)c(Nc2nccc(-c3csc(-c4ccccc4)n3)n2)c1. The van der Waals surface area contributed by atoms with Crippen LogP contribution in [0.4, 0.5) is 11.6 Å². The van der Waals surface area contributed by atoms with Gasteiger partial charge in [-0.25, -0.2) is 15.0 Å². The number of hydrogen-bond acceptors (Lipinski definition) is 6. The Morgan fingerprint density at radius 2 is 1.83 bits per heavy atom. The molecule has 6 nitrogen and oxygen atoms in total. The molecule has 2 N–H and O–H groups in total. The molecule has 0 aliphatic heterocycles. The predicted octanol–water partition coefficient (Wildman–Crippen LogP) is 4.68. The van der Waals surface area contributed by atoms with Crippen molar-refractivity contribution in [1.82, 2.24) is 20.3 Å². The summed E-state index contributed by atoms with van der Waals surface area (Å²) in [5.74, 6) is 0.313. The Bertz CT molecular complexity index is 1160. The van der Waals surface area contributed by atoms with Crippen molar-refractivity contribution >= 4 is 28.9 Å². The number of nitrogens with zero attached hydrogens (tertiary/aromatic N) is 3. The molecule has 0 bridgehead atoms. The Morgan fingerprint density at radius 3 is 2.62 bits per heavy atom. The maximum Gasteiger partial charge on any atom is 0.251 e. The second-order valence-electron chi connectivity index (χ2n) is 6.40. The van der Waals surface area contributed by atoms with E-state index in [0.29, 0.717) is 11.5 Å². The zero-order chi connectivity index (χ0) is 20.2. The monoisotopic (exact) mass is 401 g/mol. The molecule has 0 unspecified atom stereocenters. The molecule has 0 aliphatic carbocycles. The van der Waals surface area contributed by atoms with E-state index in [1.807, 2.05) is 54.8 Å². The molecule has 144 valence electrons. The summed E-state index contributed by atoms with van der Waals surface area (Å²) in [5, 5.41) is 8.79. The zero-order valence-corrected chi connectivity index (χ0v) is 16.8. The maximum absolute atomic E-state index is 11.9. The topological polar surface area (TPSA) is 79.8 Å². The maximum atomic E-state index is 11.9. The lowest BCUT2D eigenvalue weighted by Crippen LogP contribution is -2.17. The molecule has 0 saturated heterocycles. The van der Waals surface area contributed by atoms with Crippen LogP contribution in [0.5, 0.6) is 0 Å². The number of nitrogens with one attached hydrogen (secondary N) is 2. The van der Waals surface area contributed by atoms with Crippen LogP contribution in [0.15, 0.2) is 66.2 Å². The molecule has 0 atom stereocenters. The number of thiazole rings is 1. The second kappa shape index (κ2) is 8.20. The van der Waals surface area contributed by atoms with E-state index in [4.69, 9.17) is 4.98 Å². The Hall–Kier alpha value is -3.58. The molecule has 0 saturated carbocycles. The van der Waals surface area contributed by atoms with Gasteiger partial charge in [0.2, 0.25) is 5.95 Å². The van der Waals surface area contributed by atoms with Gasteiger partial charge in [-0.1, -0.05) is 36.4 Å². The fourth-order valence-electron chi connectivity index (χ4n) is 2.83. The minimum absolute atomic E-state index is 0.140. The van der Waals surface area contributed by atoms with E-state index in [2.05, 4.69) is 20.6 Å². The number of benzene rings is 2. The van der Waals surface area contributed by atoms with Crippen LogP contribution in [-0.2, 0) is 0 Å². The van der Waals surface area contributed by atoms with Gasteiger partial charge in [0.15, 0.2) is 0 Å². The molecule has 2 aromatic heterocycles. The lowest BCUT2D eigenvalue weighted by molar-refractivity contribution is 0.0963. The van der Waals surface area contributed by atoms with E-state index in [-0.39, 0.29) is 5.91 Å². The molecule has 1 amide bonds. The molecule has 0 spiro atoms. The van der Waals surface area contributed by atoms with E-state index in [9.17, 15) is 4.79 Å². The largest absolute Gasteiger partial charge is 0.355 e. The zero-order valence-electron chi connectivity index (χ0n) is 16.0. The quantitative estimate of drug-likeness (QED) is 0.508. The average molecular weight is 401 g/mol. The molecule has 0 aliphatic rings. The normalized spacial score (nSPS) is 10.6. The summed E-state index contributed by atoms with van der Waals surface area (Å²) in [7, 11) is 1.61. The van der Waals surface area contributed by atoms with Crippen LogP contribution in [0, 0.1) is 6.92 Å². The van der Waals surface area contributed by atoms with Gasteiger partial charge in [-0.05, 0) is 30.7 Å². The first-order chi connectivity index (χ1) is 14.1. The molecule has 29 heavy (non-hydrogen) atoms. The first-order valence-corrected chi connectivity index (χ1v) is 9.96. The highest BCUT2D eigenvalue weighted by Gasteiger charge is 2.11. The number of amides is 1. The summed E-state index contributed by atoms with van der Waals surface area (Å²) in [5.41, 5.74) is 4.97. The molecular formula is C22H19N5OS. The van der Waals surface area contributed by atoms with Crippen LogP contribution >= 0.6 is 11.3 Å². The summed E-state index contributed by atoms with van der Waals surface area (Å²) in [4.78, 5) is 25.5. The van der Waals surface area contributed by atoms with Crippen molar-refractivity contribution in [2.45, 2.75) is 6.92 Å². The van der Waals surface area contributed by atoms with E-state index in [1.165, 1.54) is 0 Å². The van der Waals surface area contributed by atoms with Gasteiger partial charge in [0.05, 0.1) is 5.69 Å². The first kappa shape index (κ1) is 18.8. The van der Waals surface area contributed by atoms with Gasteiger partial charge in [-0.3, -0.25) is 4.79 Å². The van der Waals surface area contributed by atoms with Crippen molar-refractivity contribution in [2.75, 3.05) is 12.4 Å². The van der Waals surface area contributed by atoms with Crippen LogP contribution in [0.25, 0.3) is 22.0 Å². The van der Waals surface area contributed by atoms with Crippen molar-refractivity contribution in [2.24, 2.45) is 0 Å². The molecule has 2 heterocycles. The first-order valence-electron chi connectivity index (χ1n) is 9.08. The number of aromatic nitrogens is 3. The highest BCUT2D eigenvalue weighted by molar-refractivity contribution is 7.13. The van der Waals surface area contributed by atoms with Crippen LogP contribution in [0.1, 0.15) is 15.9 Å². The van der Waals surface area contributed by atoms with Crippen molar-refractivity contribution < 1.29 is 4.79 Å². The lowest BCUT2D eigenvalue weighted by Gasteiger charge is -2.10. The average Bonchev–Trinajstić information content (AvgIpc) is 3.26. The van der Waals surface area contributed by atoms with E-state index >= 15 is 0 Å². The van der Waals surface area contributed by atoms with E-state index < -0.39 is 0 Å². The van der Waals surface area contributed by atoms with Crippen LogP contribution < -0.4 is 10.6 Å². The van der Waals surface area contributed by atoms with Gasteiger partial charge >= 0.3 is 0 Å². The van der Waals surface area contributed by atoms with E-state index in [1.54, 1.807) is 36.7 Å². The summed E-state index contributed by atoms with van der Waals surface area (Å²) in [6.45, 7) is 1.96. The number of aryl methyl sites for hydroxylation is 1. The number of rotatable bonds is 5. The fourth-order valence-corrected chi connectivity index (χ4v) is 3.65. The molecule has 4 rings (SSSR count). The summed E-state index contributed by atoms with van der Waals surface area (Å²) >= 11 is 1.58. The van der Waals surface area contributed by atoms with Gasteiger partial charge in [-0.2, -0.15) is 0 Å². The standard InChI is InChI=1S/C22H19N5OS/c1-14-8-9-16(20(28)23-2)12-18(14)27-22-24-11-10-17(26-22)19-13-29-21(25-19)15-6-4-3-5-7-15/h3-13H,1-2H3,(H,23,28)(H,24,26,27). The molecular weight excluding hydrogens is 382 g/mol. The van der Waals surface area contributed by atoms with Crippen molar-refractivity contribution in [1.29, 1.82) is 0 Å². The highest BCUT2D eigenvalue weighted by atomic mass is 32.1. The molecule has 2 aromatic carbocycles. The van der Waals surface area contributed by atoms with Gasteiger partial charge < -0.3 is 10.6 Å². The number of carbonyl (C=O) groups excluding carboxylic acids is 1. The van der Waals surface area contributed by atoms with Gasteiger partial charge in [0.1, 0.15) is 10.7 Å². The fraction of sp³-hybridized carbons (Fsp3) is 0.0909. The third kappa shape index (κ3) is 4.14. The summed E-state index contributed by atoms with van der Waals surface area (Å²) < 4.78 is 0. The van der Waals surface area contributed by atoms with E-state index in [0.717, 1.165) is 33.2 Å². The molecule has 4 aromatic rings. The third-order valence-electron chi connectivity index (χ3n) is 4.42. The van der Waals surface area contributed by atoms with Crippen molar-refractivity contribution in [3.8, 4) is 22.0 Å². The Morgan fingerprint density at radius 1 is 1.00 bits per heavy atom.